The van der Waals surface area contributed by atoms with Crippen LogP contribution in [0.2, 0.25) is 0 Å². The summed E-state index contributed by atoms with van der Waals surface area (Å²) in [5, 5.41) is 2.75. The standard InChI is InChI=1S/C18H22N4O3S/c1-11-3-5-19-18(20-11)24-6-4-13-9-25-16-8-22(7-14(13)16)17(23)15-10-26-12(2)21-15/h3,5,10,13-14,16H,4,6-9H2,1-2H3/t13-,14-,16-/m0/s1. The van der Waals surface area contributed by atoms with E-state index in [1.807, 2.05) is 30.2 Å². The van der Waals surface area contributed by atoms with E-state index in [1.54, 1.807) is 6.20 Å². The molecule has 0 bridgehead atoms. The highest BCUT2D eigenvalue weighted by molar-refractivity contribution is 7.09. The van der Waals surface area contributed by atoms with Gasteiger partial charge in [-0.15, -0.1) is 11.3 Å². The number of thiazole rings is 1. The Morgan fingerprint density at radius 2 is 2.27 bits per heavy atom. The van der Waals surface area contributed by atoms with Crippen molar-refractivity contribution in [3.63, 3.8) is 0 Å². The van der Waals surface area contributed by atoms with Crippen LogP contribution in [0.25, 0.3) is 0 Å². The normalized spacial score (nSPS) is 24.7. The summed E-state index contributed by atoms with van der Waals surface area (Å²) in [6, 6.07) is 2.26. The molecule has 2 aliphatic rings. The van der Waals surface area contributed by atoms with Gasteiger partial charge < -0.3 is 14.4 Å². The molecule has 2 saturated heterocycles. The predicted molar refractivity (Wildman–Crippen MR) is 96.4 cm³/mol. The molecule has 4 heterocycles. The van der Waals surface area contributed by atoms with Gasteiger partial charge in [-0.1, -0.05) is 0 Å². The van der Waals surface area contributed by atoms with Crippen LogP contribution in [0.15, 0.2) is 17.6 Å². The first-order valence-corrected chi connectivity index (χ1v) is 9.73. The maximum Gasteiger partial charge on any atom is 0.316 e. The SMILES string of the molecule is Cc1ccnc(OCC[C@H]2CO[C@H]3CN(C(=O)c4csc(C)n4)C[C@@H]23)n1. The van der Waals surface area contributed by atoms with Crippen molar-refractivity contribution >= 4 is 17.2 Å². The van der Waals surface area contributed by atoms with Crippen molar-refractivity contribution in [3.8, 4) is 6.01 Å². The molecule has 0 radical (unpaired) electrons. The summed E-state index contributed by atoms with van der Waals surface area (Å²) in [4.78, 5) is 27.2. The van der Waals surface area contributed by atoms with Crippen LogP contribution in [0.3, 0.4) is 0 Å². The van der Waals surface area contributed by atoms with E-state index in [4.69, 9.17) is 9.47 Å². The average Bonchev–Trinajstić information content (AvgIpc) is 3.31. The first-order valence-electron chi connectivity index (χ1n) is 8.85. The van der Waals surface area contributed by atoms with Gasteiger partial charge in [0.05, 0.1) is 24.3 Å². The molecule has 4 rings (SSSR count). The minimum absolute atomic E-state index is 0.00973. The number of carbonyl (C=O) groups is 1. The van der Waals surface area contributed by atoms with E-state index < -0.39 is 0 Å². The molecule has 0 spiro atoms. The van der Waals surface area contributed by atoms with Crippen molar-refractivity contribution in [2.45, 2.75) is 26.4 Å². The summed E-state index contributed by atoms with van der Waals surface area (Å²) in [6.45, 7) is 6.49. The smallest absolute Gasteiger partial charge is 0.316 e. The Bertz CT molecular complexity index is 796. The predicted octanol–water partition coefficient (Wildman–Crippen LogP) is 2.11. The fourth-order valence-corrected chi connectivity index (χ4v) is 4.27. The van der Waals surface area contributed by atoms with E-state index in [0.29, 0.717) is 36.7 Å². The van der Waals surface area contributed by atoms with Crippen LogP contribution in [0.1, 0.15) is 27.6 Å². The third-order valence-electron chi connectivity index (χ3n) is 5.06. The van der Waals surface area contributed by atoms with Crippen LogP contribution in [0.5, 0.6) is 6.01 Å². The zero-order valence-corrected chi connectivity index (χ0v) is 15.7. The number of nitrogens with zero attached hydrogens (tertiary/aromatic N) is 4. The topological polar surface area (TPSA) is 77.4 Å². The molecule has 2 aromatic heterocycles. The summed E-state index contributed by atoms with van der Waals surface area (Å²) >= 11 is 1.51. The van der Waals surface area contributed by atoms with Crippen LogP contribution in [-0.2, 0) is 4.74 Å². The zero-order chi connectivity index (χ0) is 18.1. The summed E-state index contributed by atoms with van der Waals surface area (Å²) < 4.78 is 11.6. The first kappa shape index (κ1) is 17.4. The van der Waals surface area contributed by atoms with E-state index in [-0.39, 0.29) is 12.0 Å². The molecule has 0 saturated carbocycles. The van der Waals surface area contributed by atoms with Gasteiger partial charge in [-0.3, -0.25) is 4.79 Å². The summed E-state index contributed by atoms with van der Waals surface area (Å²) in [6.07, 6.45) is 2.70. The fraction of sp³-hybridized carbons (Fsp3) is 0.556. The molecule has 8 heteroatoms. The Morgan fingerprint density at radius 1 is 1.38 bits per heavy atom. The van der Waals surface area contributed by atoms with Crippen molar-refractivity contribution in [1.82, 2.24) is 19.9 Å². The maximum absolute atomic E-state index is 12.6. The Labute approximate surface area is 156 Å². The fourth-order valence-electron chi connectivity index (χ4n) is 3.68. The van der Waals surface area contributed by atoms with E-state index >= 15 is 0 Å². The second-order valence-electron chi connectivity index (χ2n) is 6.88. The number of ether oxygens (including phenoxy) is 2. The molecular weight excluding hydrogens is 352 g/mol. The third kappa shape index (κ3) is 3.57. The zero-order valence-electron chi connectivity index (χ0n) is 14.9. The molecule has 0 aliphatic carbocycles. The highest BCUT2D eigenvalue weighted by Gasteiger charge is 2.45. The largest absolute Gasteiger partial charge is 0.463 e. The minimum Gasteiger partial charge on any atom is -0.463 e. The molecule has 26 heavy (non-hydrogen) atoms. The summed E-state index contributed by atoms with van der Waals surface area (Å²) in [5.74, 6) is 0.760. The summed E-state index contributed by atoms with van der Waals surface area (Å²) in [5.41, 5.74) is 1.44. The number of fused-ring (bicyclic) bond motifs is 1. The van der Waals surface area contributed by atoms with Gasteiger partial charge in [0.15, 0.2) is 0 Å². The lowest BCUT2D eigenvalue weighted by Crippen LogP contribution is -2.31. The first-order chi connectivity index (χ1) is 12.6. The van der Waals surface area contributed by atoms with Crippen molar-refractivity contribution < 1.29 is 14.3 Å². The number of amides is 1. The minimum atomic E-state index is 0.00973. The molecule has 1 amide bonds. The monoisotopic (exact) mass is 374 g/mol. The van der Waals surface area contributed by atoms with Gasteiger partial charge in [0.1, 0.15) is 5.69 Å². The van der Waals surface area contributed by atoms with Gasteiger partial charge in [-0.25, -0.2) is 15.0 Å². The highest BCUT2D eigenvalue weighted by Crippen LogP contribution is 2.36. The van der Waals surface area contributed by atoms with Crippen molar-refractivity contribution in [1.29, 1.82) is 0 Å². The lowest BCUT2D eigenvalue weighted by Gasteiger charge is -2.19. The Hall–Kier alpha value is -2.06. The van der Waals surface area contributed by atoms with Gasteiger partial charge in [0.25, 0.3) is 5.91 Å². The number of aromatic nitrogens is 3. The number of carbonyl (C=O) groups excluding carboxylic acids is 1. The number of rotatable bonds is 5. The van der Waals surface area contributed by atoms with E-state index in [2.05, 4.69) is 15.0 Å². The van der Waals surface area contributed by atoms with Crippen molar-refractivity contribution in [2.75, 3.05) is 26.3 Å². The molecule has 0 unspecified atom stereocenters. The van der Waals surface area contributed by atoms with E-state index in [0.717, 1.165) is 30.3 Å². The highest BCUT2D eigenvalue weighted by atomic mass is 32.1. The van der Waals surface area contributed by atoms with E-state index in [9.17, 15) is 4.79 Å². The van der Waals surface area contributed by atoms with Crippen LogP contribution in [0.4, 0.5) is 0 Å². The van der Waals surface area contributed by atoms with Crippen molar-refractivity contribution in [2.24, 2.45) is 11.8 Å². The molecule has 7 nitrogen and oxygen atoms in total. The Kier molecular flexibility index (Phi) is 4.86. The number of hydrogen-bond donors (Lipinski definition) is 0. The lowest BCUT2D eigenvalue weighted by atomic mass is 9.91. The average molecular weight is 374 g/mol. The molecule has 0 aromatic carbocycles. The van der Waals surface area contributed by atoms with Crippen LogP contribution < -0.4 is 4.74 Å². The van der Waals surface area contributed by atoms with Crippen LogP contribution >= 0.6 is 11.3 Å². The molecule has 138 valence electrons. The second kappa shape index (κ2) is 7.28. The molecule has 2 aliphatic heterocycles. The van der Waals surface area contributed by atoms with Crippen molar-refractivity contribution in [3.05, 3.63) is 34.0 Å². The van der Waals surface area contributed by atoms with Gasteiger partial charge in [-0.05, 0) is 32.3 Å². The molecule has 2 fully saturated rings. The summed E-state index contributed by atoms with van der Waals surface area (Å²) in [7, 11) is 0. The van der Waals surface area contributed by atoms with Gasteiger partial charge in [0, 0.05) is 36.3 Å². The van der Waals surface area contributed by atoms with Crippen LogP contribution in [0, 0.1) is 25.7 Å². The van der Waals surface area contributed by atoms with E-state index in [1.165, 1.54) is 11.3 Å². The molecule has 0 N–H and O–H groups in total. The quantitative estimate of drug-likeness (QED) is 0.798. The van der Waals surface area contributed by atoms with Crippen LogP contribution in [-0.4, -0.2) is 58.2 Å². The third-order valence-corrected chi connectivity index (χ3v) is 5.83. The lowest BCUT2D eigenvalue weighted by molar-refractivity contribution is 0.0667. The molecular formula is C18H22N4O3S. The van der Waals surface area contributed by atoms with Gasteiger partial charge in [0.2, 0.25) is 0 Å². The second-order valence-corrected chi connectivity index (χ2v) is 7.94. The maximum atomic E-state index is 12.6. The molecule has 3 atom stereocenters. The number of likely N-dealkylation sites (tertiary alicyclic amines) is 1. The molecule has 2 aromatic rings. The number of hydrogen-bond acceptors (Lipinski definition) is 7. The van der Waals surface area contributed by atoms with Gasteiger partial charge >= 0.3 is 6.01 Å². The van der Waals surface area contributed by atoms with Gasteiger partial charge in [-0.2, -0.15) is 0 Å². The Morgan fingerprint density at radius 3 is 3.04 bits per heavy atom. The Balaban J connectivity index is 1.31. The number of aryl methyl sites for hydroxylation is 2.